The third-order valence-corrected chi connectivity index (χ3v) is 1.07. The van der Waals surface area contributed by atoms with Crippen LogP contribution in [-0.2, 0) is 6.42 Å². The maximum absolute atomic E-state index is 8.78. The van der Waals surface area contributed by atoms with Gasteiger partial charge in [0, 0.05) is 0 Å². The van der Waals surface area contributed by atoms with Crippen LogP contribution in [0.2, 0.25) is 0 Å². The molecule has 0 aliphatic rings. The van der Waals surface area contributed by atoms with Crippen LogP contribution in [0, 0.1) is 11.3 Å². The lowest BCUT2D eigenvalue weighted by atomic mass is 10.3. The topological polar surface area (TPSA) is 56.9 Å². The van der Waals surface area contributed by atoms with Gasteiger partial charge in [0.15, 0.2) is 0 Å². The van der Waals surface area contributed by atoms with E-state index in [0.717, 1.165) is 0 Å². The van der Waals surface area contributed by atoms with E-state index in [1.54, 1.807) is 6.07 Å². The summed E-state index contributed by atoms with van der Waals surface area (Å²) in [6, 6.07) is 5.10. The first kappa shape index (κ1) is 6.56. The Bertz CT molecular complexity index is 247. The maximum Gasteiger partial charge on any atom is 0.133 e. The first-order valence-electron chi connectivity index (χ1n) is 2.84. The zero-order valence-electron chi connectivity index (χ0n) is 5.28. The van der Waals surface area contributed by atoms with E-state index in [1.807, 2.05) is 6.07 Å². The van der Waals surface area contributed by atoms with Gasteiger partial charge in [-0.2, -0.15) is 5.26 Å². The first-order chi connectivity index (χ1) is 4.83. The molecule has 0 aliphatic heterocycles. The van der Waals surface area contributed by atoms with E-state index < -0.39 is 0 Å². The predicted octanol–water partition coefficient (Wildman–Crippen LogP) is 0.853. The fraction of sp³-hybridized carbons (Fsp3) is 0.143. The molecule has 0 spiro atoms. The van der Waals surface area contributed by atoms with Crippen LogP contribution in [0.15, 0.2) is 18.3 Å². The van der Waals surface area contributed by atoms with Gasteiger partial charge in [-0.05, 0) is 12.1 Å². The Morgan fingerprint density at radius 3 is 2.90 bits per heavy atom. The average molecular weight is 134 g/mol. The highest BCUT2D eigenvalue weighted by Gasteiger charge is 1.91. The van der Waals surface area contributed by atoms with Gasteiger partial charge in [0.2, 0.25) is 0 Å². The fourth-order valence-electron chi connectivity index (χ4n) is 0.602. The number of aromatic nitrogens is 1. The molecule has 50 valence electrons. The lowest BCUT2D eigenvalue weighted by molar-refractivity contribution is 0.472. The average Bonchev–Trinajstić information content (AvgIpc) is 1.95. The van der Waals surface area contributed by atoms with Crippen LogP contribution in [0.1, 0.15) is 5.69 Å². The summed E-state index contributed by atoms with van der Waals surface area (Å²) in [6.45, 7) is 0. The normalized spacial score (nSPS) is 8.70. The molecule has 1 aromatic rings. The Morgan fingerprint density at radius 2 is 2.40 bits per heavy atom. The quantitative estimate of drug-likeness (QED) is 0.619. The number of nitriles is 1. The van der Waals surface area contributed by atoms with E-state index in [-0.39, 0.29) is 5.75 Å². The van der Waals surface area contributed by atoms with Crippen molar-refractivity contribution in [3.63, 3.8) is 0 Å². The van der Waals surface area contributed by atoms with Crippen molar-refractivity contribution < 1.29 is 5.11 Å². The van der Waals surface area contributed by atoms with E-state index in [2.05, 4.69) is 4.98 Å². The lowest BCUT2D eigenvalue weighted by Crippen LogP contribution is -1.84. The number of nitrogens with zero attached hydrogens (tertiary/aromatic N) is 2. The highest BCUT2D eigenvalue weighted by atomic mass is 16.3. The summed E-state index contributed by atoms with van der Waals surface area (Å²) in [5, 5.41) is 17.0. The van der Waals surface area contributed by atoms with Gasteiger partial charge < -0.3 is 5.11 Å². The molecule has 0 unspecified atom stereocenters. The monoisotopic (exact) mass is 134 g/mol. The van der Waals surface area contributed by atoms with Crippen LogP contribution in [-0.4, -0.2) is 10.1 Å². The molecule has 0 amide bonds. The SMILES string of the molecule is N#CCc1ccc(O)cn1. The number of aromatic hydroxyl groups is 1. The summed E-state index contributed by atoms with van der Waals surface area (Å²) in [6.07, 6.45) is 1.62. The summed E-state index contributed by atoms with van der Waals surface area (Å²) < 4.78 is 0. The molecule has 3 nitrogen and oxygen atoms in total. The van der Waals surface area contributed by atoms with Crippen LogP contribution in [0.25, 0.3) is 0 Å². The largest absolute Gasteiger partial charge is 0.506 e. The van der Waals surface area contributed by atoms with E-state index >= 15 is 0 Å². The van der Waals surface area contributed by atoms with Gasteiger partial charge in [0.25, 0.3) is 0 Å². The first-order valence-corrected chi connectivity index (χ1v) is 2.84. The van der Waals surface area contributed by atoms with Gasteiger partial charge in [0.05, 0.1) is 24.4 Å². The van der Waals surface area contributed by atoms with Crippen LogP contribution in [0.3, 0.4) is 0 Å². The van der Waals surface area contributed by atoms with Crippen molar-refractivity contribution in [2.24, 2.45) is 0 Å². The van der Waals surface area contributed by atoms with Gasteiger partial charge in [-0.1, -0.05) is 0 Å². The summed E-state index contributed by atoms with van der Waals surface area (Å²) in [5.74, 6) is 0.127. The Morgan fingerprint density at radius 1 is 1.60 bits per heavy atom. The second-order valence-corrected chi connectivity index (χ2v) is 1.84. The molecule has 1 N–H and O–H groups in total. The molecule has 0 radical (unpaired) electrons. The van der Waals surface area contributed by atoms with Crippen LogP contribution < -0.4 is 0 Å². The van der Waals surface area contributed by atoms with Gasteiger partial charge in [-0.15, -0.1) is 0 Å². The molecule has 1 rings (SSSR count). The smallest absolute Gasteiger partial charge is 0.133 e. The predicted molar refractivity (Wildman–Crippen MR) is 35.2 cm³/mol. The van der Waals surface area contributed by atoms with E-state index in [9.17, 15) is 0 Å². The second-order valence-electron chi connectivity index (χ2n) is 1.84. The summed E-state index contributed by atoms with van der Waals surface area (Å²) in [7, 11) is 0. The third-order valence-electron chi connectivity index (χ3n) is 1.07. The van der Waals surface area contributed by atoms with Gasteiger partial charge in [-0.3, -0.25) is 4.98 Å². The minimum Gasteiger partial charge on any atom is -0.506 e. The minimum atomic E-state index is 0.127. The van der Waals surface area contributed by atoms with Crippen molar-refractivity contribution in [2.75, 3.05) is 0 Å². The molecular weight excluding hydrogens is 128 g/mol. The minimum absolute atomic E-state index is 0.127. The summed E-state index contributed by atoms with van der Waals surface area (Å²) in [5.41, 5.74) is 0.681. The molecule has 1 heterocycles. The highest BCUT2D eigenvalue weighted by Crippen LogP contribution is 2.05. The van der Waals surface area contributed by atoms with Gasteiger partial charge >= 0.3 is 0 Å². The molecule has 0 aliphatic carbocycles. The number of rotatable bonds is 1. The Labute approximate surface area is 58.6 Å². The third kappa shape index (κ3) is 1.46. The van der Waals surface area contributed by atoms with Crippen molar-refractivity contribution in [1.82, 2.24) is 4.98 Å². The zero-order chi connectivity index (χ0) is 7.40. The molecule has 0 saturated heterocycles. The summed E-state index contributed by atoms with van der Waals surface area (Å²) in [4.78, 5) is 3.80. The molecule has 0 fully saturated rings. The van der Waals surface area contributed by atoms with Crippen molar-refractivity contribution >= 4 is 0 Å². The Balaban J connectivity index is 2.81. The molecule has 0 bridgehead atoms. The number of pyridine rings is 1. The zero-order valence-corrected chi connectivity index (χ0v) is 5.28. The molecule has 3 heteroatoms. The van der Waals surface area contributed by atoms with Crippen LogP contribution in [0.4, 0.5) is 0 Å². The van der Waals surface area contributed by atoms with Crippen molar-refractivity contribution in [2.45, 2.75) is 6.42 Å². The Kier molecular flexibility index (Phi) is 1.86. The molecular formula is C7H6N2O. The van der Waals surface area contributed by atoms with Gasteiger partial charge in [-0.25, -0.2) is 0 Å². The Hall–Kier alpha value is -1.56. The standard InChI is InChI=1S/C7H6N2O/c8-4-3-6-1-2-7(10)5-9-6/h1-2,5,10H,3H2. The fourth-order valence-corrected chi connectivity index (χ4v) is 0.602. The van der Waals surface area contributed by atoms with E-state index in [1.165, 1.54) is 12.3 Å². The molecule has 0 saturated carbocycles. The molecule has 0 aromatic carbocycles. The molecule has 1 aromatic heterocycles. The van der Waals surface area contributed by atoms with Crippen molar-refractivity contribution in [3.05, 3.63) is 24.0 Å². The van der Waals surface area contributed by atoms with Gasteiger partial charge in [0.1, 0.15) is 5.75 Å². The van der Waals surface area contributed by atoms with Crippen molar-refractivity contribution in [3.8, 4) is 11.8 Å². The van der Waals surface area contributed by atoms with Crippen LogP contribution >= 0.6 is 0 Å². The maximum atomic E-state index is 8.78. The van der Waals surface area contributed by atoms with E-state index in [4.69, 9.17) is 10.4 Å². The molecule has 0 atom stereocenters. The second kappa shape index (κ2) is 2.83. The highest BCUT2D eigenvalue weighted by molar-refractivity contribution is 5.19. The van der Waals surface area contributed by atoms with Crippen molar-refractivity contribution in [1.29, 1.82) is 5.26 Å². The lowest BCUT2D eigenvalue weighted by Gasteiger charge is -1.91. The van der Waals surface area contributed by atoms with Crippen LogP contribution in [0.5, 0.6) is 5.75 Å². The number of hydrogen-bond donors (Lipinski definition) is 1. The molecule has 10 heavy (non-hydrogen) atoms. The van der Waals surface area contributed by atoms with E-state index in [0.29, 0.717) is 12.1 Å². The number of hydrogen-bond acceptors (Lipinski definition) is 3. The summed E-state index contributed by atoms with van der Waals surface area (Å²) >= 11 is 0.